The van der Waals surface area contributed by atoms with Crippen LogP contribution in [0.3, 0.4) is 0 Å². The van der Waals surface area contributed by atoms with Gasteiger partial charge in [-0.05, 0) is 52.0 Å². The Morgan fingerprint density at radius 1 is 1.20 bits per heavy atom. The van der Waals surface area contributed by atoms with Crippen LogP contribution in [-0.2, 0) is 4.74 Å². The minimum atomic E-state index is -0.308. The topological polar surface area (TPSA) is 44.8 Å². The molecule has 0 bridgehead atoms. The molecule has 2 aromatic carbocycles. The summed E-state index contributed by atoms with van der Waals surface area (Å²) in [6, 6.07) is 12.6. The summed E-state index contributed by atoms with van der Waals surface area (Å²) in [5.41, 5.74) is 0.360. The van der Waals surface area contributed by atoms with E-state index in [0.717, 1.165) is 5.30 Å². The molecule has 25 heavy (non-hydrogen) atoms. The molecule has 0 spiro atoms. The van der Waals surface area contributed by atoms with Crippen LogP contribution >= 0.6 is 20.2 Å². The molecule has 0 aliphatic heterocycles. The fourth-order valence-electron chi connectivity index (χ4n) is 2.17. The van der Waals surface area contributed by atoms with Crippen LogP contribution in [0.15, 0.2) is 42.5 Å². The van der Waals surface area contributed by atoms with Crippen LogP contribution in [0.2, 0.25) is 5.02 Å². The van der Waals surface area contributed by atoms with E-state index in [1.54, 1.807) is 18.2 Å². The van der Waals surface area contributed by atoms with Gasteiger partial charge in [-0.15, -0.1) is 0 Å². The number of carbonyl (C=O) groups is 1. The SMILES string of the molecule is CCOC(C)Oc1ccc(PC(=O)c2c(Cl)cccc2OC)cc1.[Li+]. The second-order valence-corrected chi connectivity index (χ2v) is 6.63. The van der Waals surface area contributed by atoms with Crippen molar-refractivity contribution in [2.45, 2.75) is 20.1 Å². The van der Waals surface area contributed by atoms with Gasteiger partial charge in [-0.2, -0.15) is 0 Å². The summed E-state index contributed by atoms with van der Waals surface area (Å²) < 4.78 is 16.2. The summed E-state index contributed by atoms with van der Waals surface area (Å²) in [4.78, 5) is 12.6. The predicted octanol–water partition coefficient (Wildman–Crippen LogP) is 1.26. The van der Waals surface area contributed by atoms with Crippen molar-refractivity contribution >= 4 is 31.0 Å². The first kappa shape index (κ1) is 22.0. The van der Waals surface area contributed by atoms with Crippen LogP contribution in [-0.4, -0.2) is 25.5 Å². The molecule has 2 atom stereocenters. The van der Waals surface area contributed by atoms with Gasteiger partial charge in [-0.1, -0.05) is 29.8 Å². The number of benzene rings is 2. The third-order valence-electron chi connectivity index (χ3n) is 3.24. The summed E-state index contributed by atoms with van der Waals surface area (Å²) in [5.74, 6) is 1.19. The van der Waals surface area contributed by atoms with Crippen LogP contribution in [0.4, 0.5) is 0 Å². The average molecular weight is 374 g/mol. The third-order valence-corrected chi connectivity index (χ3v) is 4.65. The maximum absolute atomic E-state index is 12.6. The number of carbonyl (C=O) groups excluding carboxylic acids is 1. The van der Waals surface area contributed by atoms with Gasteiger partial charge in [0.15, 0.2) is 11.8 Å². The molecule has 0 N–H and O–H groups in total. The molecule has 0 fully saturated rings. The van der Waals surface area contributed by atoms with Gasteiger partial charge in [0.05, 0.1) is 17.7 Å². The number of halogens is 1. The van der Waals surface area contributed by atoms with Gasteiger partial charge in [-0.25, -0.2) is 0 Å². The quantitative estimate of drug-likeness (QED) is 0.397. The first-order valence-corrected chi connectivity index (χ1v) is 8.95. The van der Waals surface area contributed by atoms with Gasteiger partial charge in [0.1, 0.15) is 11.5 Å². The summed E-state index contributed by atoms with van der Waals surface area (Å²) in [5, 5.41) is 1.30. The van der Waals surface area contributed by atoms with Gasteiger partial charge in [-0.3, -0.25) is 4.79 Å². The second-order valence-electron chi connectivity index (χ2n) is 4.94. The molecule has 2 aromatic rings. The zero-order valence-corrected chi connectivity index (χ0v) is 16.6. The molecule has 0 aromatic heterocycles. The predicted molar refractivity (Wildman–Crippen MR) is 98.4 cm³/mol. The van der Waals surface area contributed by atoms with Crippen molar-refractivity contribution in [1.82, 2.24) is 0 Å². The minimum absolute atomic E-state index is 0. The largest absolute Gasteiger partial charge is 1.00 e. The molecule has 2 unspecified atom stereocenters. The fourth-order valence-corrected chi connectivity index (χ4v) is 3.47. The Labute approximate surface area is 167 Å². The van der Waals surface area contributed by atoms with Crippen LogP contribution in [0.5, 0.6) is 11.5 Å². The first-order chi connectivity index (χ1) is 11.5. The maximum atomic E-state index is 12.6. The van der Waals surface area contributed by atoms with Gasteiger partial charge < -0.3 is 14.2 Å². The van der Waals surface area contributed by atoms with Crippen molar-refractivity contribution in [2.24, 2.45) is 0 Å². The molecule has 128 valence electrons. The van der Waals surface area contributed by atoms with E-state index in [4.69, 9.17) is 25.8 Å². The number of rotatable bonds is 8. The molecule has 0 aliphatic carbocycles. The summed E-state index contributed by atoms with van der Waals surface area (Å²) in [6.45, 7) is 4.35. The monoisotopic (exact) mass is 373 g/mol. The van der Waals surface area contributed by atoms with Crippen molar-refractivity contribution in [3.05, 3.63) is 53.1 Å². The van der Waals surface area contributed by atoms with Crippen molar-refractivity contribution in [1.29, 1.82) is 0 Å². The molecule has 0 aliphatic rings. The zero-order valence-electron chi connectivity index (χ0n) is 14.8. The van der Waals surface area contributed by atoms with Gasteiger partial charge in [0, 0.05) is 6.61 Å². The molecule has 0 radical (unpaired) electrons. The van der Waals surface area contributed by atoms with E-state index in [-0.39, 0.29) is 39.3 Å². The second kappa shape index (κ2) is 10.9. The average Bonchev–Trinajstić information content (AvgIpc) is 2.56. The molecule has 0 heterocycles. The van der Waals surface area contributed by atoms with Gasteiger partial charge in [0.25, 0.3) is 0 Å². The van der Waals surface area contributed by atoms with Crippen molar-refractivity contribution < 1.29 is 37.9 Å². The smallest absolute Gasteiger partial charge is 0.496 e. The van der Waals surface area contributed by atoms with E-state index >= 15 is 0 Å². The van der Waals surface area contributed by atoms with E-state index in [1.165, 1.54) is 7.11 Å². The van der Waals surface area contributed by atoms with E-state index in [1.807, 2.05) is 38.1 Å². The van der Waals surface area contributed by atoms with Crippen LogP contribution in [0.25, 0.3) is 0 Å². The molecule has 4 nitrogen and oxygen atoms in total. The molecular formula is C18H20ClLiO4P+. The number of methoxy groups -OCH3 is 1. The number of ether oxygens (including phenoxy) is 3. The molecule has 0 saturated carbocycles. The standard InChI is InChI=1S/C18H20ClO4P.Li/c1-4-22-12(2)23-13-8-10-14(11-9-13)24-18(20)17-15(19)6-5-7-16(17)21-3;/h5-12,24H,4H2,1-3H3;/q;+1. The number of hydrogen-bond acceptors (Lipinski definition) is 4. The summed E-state index contributed by atoms with van der Waals surface area (Å²) >= 11 is 6.15. The van der Waals surface area contributed by atoms with E-state index in [2.05, 4.69) is 0 Å². The Bertz CT molecular complexity index is 694. The Hall–Kier alpha value is -1.01. The van der Waals surface area contributed by atoms with E-state index in [0.29, 0.717) is 28.7 Å². The number of hydrogen-bond donors (Lipinski definition) is 0. The van der Waals surface area contributed by atoms with Gasteiger partial charge in [0.2, 0.25) is 0 Å². The minimum Gasteiger partial charge on any atom is -0.496 e. The van der Waals surface area contributed by atoms with E-state index in [9.17, 15) is 4.79 Å². The van der Waals surface area contributed by atoms with Crippen molar-refractivity contribution in [3.8, 4) is 11.5 Å². The van der Waals surface area contributed by atoms with E-state index < -0.39 is 0 Å². The Balaban J connectivity index is 0.00000312. The molecule has 0 saturated heterocycles. The third kappa shape index (κ3) is 6.33. The van der Waals surface area contributed by atoms with Crippen LogP contribution in [0.1, 0.15) is 24.2 Å². The summed E-state index contributed by atoms with van der Waals surface area (Å²) in [7, 11) is 1.48. The van der Waals surface area contributed by atoms with Crippen molar-refractivity contribution in [3.63, 3.8) is 0 Å². The van der Waals surface area contributed by atoms with Gasteiger partial charge >= 0.3 is 18.9 Å². The maximum Gasteiger partial charge on any atom is 1.00 e. The van der Waals surface area contributed by atoms with Crippen LogP contribution in [0, 0.1) is 0 Å². The fraction of sp³-hybridized carbons (Fsp3) is 0.278. The molecule has 7 heteroatoms. The molecule has 0 amide bonds. The Kier molecular flexibility index (Phi) is 9.57. The Morgan fingerprint density at radius 3 is 2.48 bits per heavy atom. The Morgan fingerprint density at radius 2 is 1.88 bits per heavy atom. The normalized spacial score (nSPS) is 11.8. The molecular weight excluding hydrogens is 354 g/mol. The first-order valence-electron chi connectivity index (χ1n) is 7.57. The molecule has 2 rings (SSSR count). The summed E-state index contributed by atoms with van der Waals surface area (Å²) in [6.07, 6.45) is -0.308. The van der Waals surface area contributed by atoms with Crippen molar-refractivity contribution in [2.75, 3.05) is 13.7 Å². The zero-order chi connectivity index (χ0) is 17.5. The van der Waals surface area contributed by atoms with Crippen LogP contribution < -0.4 is 33.6 Å².